The average Bonchev–Trinajstić information content (AvgIpc) is 3.12. The van der Waals surface area contributed by atoms with E-state index >= 15 is 0 Å². The Hall–Kier alpha value is -2.43. The van der Waals surface area contributed by atoms with Crippen LogP contribution in [0.2, 0.25) is 0 Å². The number of benzene rings is 1. The lowest BCUT2D eigenvalue weighted by atomic mass is 9.92. The van der Waals surface area contributed by atoms with Gasteiger partial charge in [0.05, 0.1) is 0 Å². The van der Waals surface area contributed by atoms with E-state index in [4.69, 9.17) is 4.52 Å². The van der Waals surface area contributed by atoms with Gasteiger partial charge in [-0.2, -0.15) is 4.98 Å². The van der Waals surface area contributed by atoms with E-state index in [0.29, 0.717) is 22.8 Å². The molecule has 23 heavy (non-hydrogen) atoms. The van der Waals surface area contributed by atoms with Crippen LogP contribution < -0.4 is 5.56 Å². The van der Waals surface area contributed by atoms with E-state index in [2.05, 4.69) is 29.0 Å². The maximum Gasteiger partial charge on any atom is 0.274 e. The van der Waals surface area contributed by atoms with Crippen LogP contribution in [0.15, 0.2) is 33.6 Å². The topological polar surface area (TPSA) is 71.8 Å². The second-order valence-electron chi connectivity index (χ2n) is 6.83. The number of hydrogen-bond donors (Lipinski definition) is 1. The van der Waals surface area contributed by atoms with E-state index in [1.165, 1.54) is 12.8 Å². The smallest absolute Gasteiger partial charge is 0.274 e. The summed E-state index contributed by atoms with van der Waals surface area (Å²) in [6, 6.07) is 7.54. The van der Waals surface area contributed by atoms with Crippen molar-refractivity contribution in [3.8, 4) is 11.6 Å². The van der Waals surface area contributed by atoms with Crippen LogP contribution >= 0.6 is 0 Å². The molecule has 1 aliphatic carbocycles. The highest BCUT2D eigenvalue weighted by atomic mass is 16.5. The third-order valence-electron chi connectivity index (χ3n) is 5.32. The third-order valence-corrected chi connectivity index (χ3v) is 5.32. The molecule has 1 atom stereocenters. The van der Waals surface area contributed by atoms with Crippen molar-refractivity contribution in [2.24, 2.45) is 5.41 Å². The van der Waals surface area contributed by atoms with Crippen LogP contribution in [0.5, 0.6) is 0 Å². The number of rotatable bonds is 3. The van der Waals surface area contributed by atoms with Crippen molar-refractivity contribution in [1.29, 1.82) is 0 Å². The molecule has 5 nitrogen and oxygen atoms in total. The Balaban J connectivity index is 1.82. The van der Waals surface area contributed by atoms with E-state index < -0.39 is 0 Å². The standard InChI is InChI=1S/C18H19N3O2/c1-10-12-6-4-5-7-13(12)16(22)19-14(10)17-20-15(21-23-17)11(2)18(3)8-9-18/h4-7,11H,8-9H2,1-3H3,(H,19,22). The van der Waals surface area contributed by atoms with E-state index in [1.54, 1.807) is 0 Å². The quantitative estimate of drug-likeness (QED) is 0.799. The van der Waals surface area contributed by atoms with Crippen molar-refractivity contribution in [1.82, 2.24) is 15.1 Å². The van der Waals surface area contributed by atoms with Crippen molar-refractivity contribution in [3.05, 3.63) is 46.0 Å². The number of H-pyrrole nitrogens is 1. The van der Waals surface area contributed by atoms with E-state index in [-0.39, 0.29) is 16.9 Å². The number of nitrogens with one attached hydrogen (secondary N) is 1. The lowest BCUT2D eigenvalue weighted by Crippen LogP contribution is -2.10. The zero-order valence-electron chi connectivity index (χ0n) is 13.5. The molecule has 1 saturated carbocycles. The molecule has 0 radical (unpaired) electrons. The molecule has 0 amide bonds. The first-order chi connectivity index (χ1) is 11.0. The molecule has 0 saturated heterocycles. The largest absolute Gasteiger partial charge is 0.332 e. The molecule has 1 N–H and O–H groups in total. The average molecular weight is 309 g/mol. The van der Waals surface area contributed by atoms with Gasteiger partial charge in [0, 0.05) is 11.3 Å². The van der Waals surface area contributed by atoms with Gasteiger partial charge in [-0.1, -0.05) is 37.2 Å². The predicted octanol–water partition coefficient (Wildman–Crippen LogP) is 3.79. The third kappa shape index (κ3) is 2.19. The minimum Gasteiger partial charge on any atom is -0.332 e. The van der Waals surface area contributed by atoms with Gasteiger partial charge in [0.15, 0.2) is 5.82 Å². The molecule has 0 spiro atoms. The summed E-state index contributed by atoms with van der Waals surface area (Å²) in [7, 11) is 0. The van der Waals surface area contributed by atoms with Gasteiger partial charge in [0.25, 0.3) is 11.4 Å². The fourth-order valence-electron chi connectivity index (χ4n) is 3.09. The molecule has 5 heteroatoms. The molecule has 0 aliphatic heterocycles. The van der Waals surface area contributed by atoms with E-state index in [0.717, 1.165) is 10.9 Å². The van der Waals surface area contributed by atoms with Gasteiger partial charge in [-0.3, -0.25) is 4.79 Å². The van der Waals surface area contributed by atoms with Gasteiger partial charge in [0.2, 0.25) is 0 Å². The van der Waals surface area contributed by atoms with Crippen molar-refractivity contribution >= 4 is 10.8 Å². The molecule has 1 aromatic carbocycles. The van der Waals surface area contributed by atoms with Gasteiger partial charge in [-0.25, -0.2) is 0 Å². The summed E-state index contributed by atoms with van der Waals surface area (Å²) in [4.78, 5) is 19.7. The van der Waals surface area contributed by atoms with Crippen molar-refractivity contribution in [2.75, 3.05) is 0 Å². The Kier molecular flexibility index (Phi) is 2.95. The molecular formula is C18H19N3O2. The van der Waals surface area contributed by atoms with Gasteiger partial charge >= 0.3 is 0 Å². The molecule has 1 aliphatic rings. The molecule has 2 aromatic heterocycles. The zero-order chi connectivity index (χ0) is 16.2. The summed E-state index contributed by atoms with van der Waals surface area (Å²) in [5, 5.41) is 5.73. The van der Waals surface area contributed by atoms with Gasteiger partial charge in [-0.15, -0.1) is 0 Å². The predicted molar refractivity (Wildman–Crippen MR) is 88.4 cm³/mol. The number of hydrogen-bond acceptors (Lipinski definition) is 4. The van der Waals surface area contributed by atoms with Crippen LogP contribution in [0.3, 0.4) is 0 Å². The van der Waals surface area contributed by atoms with Crippen LogP contribution in [0.1, 0.15) is 44.0 Å². The van der Waals surface area contributed by atoms with E-state index in [1.807, 2.05) is 31.2 Å². The lowest BCUT2D eigenvalue weighted by molar-refractivity contribution is 0.389. The summed E-state index contributed by atoms with van der Waals surface area (Å²) >= 11 is 0. The number of aromatic amines is 1. The van der Waals surface area contributed by atoms with Crippen molar-refractivity contribution < 1.29 is 4.52 Å². The first kappa shape index (κ1) is 14.2. The fourth-order valence-corrected chi connectivity index (χ4v) is 3.09. The highest BCUT2D eigenvalue weighted by Crippen LogP contribution is 2.54. The molecule has 118 valence electrons. The van der Waals surface area contributed by atoms with Crippen LogP contribution in [-0.4, -0.2) is 15.1 Å². The Morgan fingerprint density at radius 1 is 1.26 bits per heavy atom. The monoisotopic (exact) mass is 309 g/mol. The first-order valence-corrected chi connectivity index (χ1v) is 7.95. The summed E-state index contributed by atoms with van der Waals surface area (Å²) < 4.78 is 5.45. The Morgan fingerprint density at radius 3 is 2.65 bits per heavy atom. The van der Waals surface area contributed by atoms with Crippen LogP contribution in [-0.2, 0) is 0 Å². The Labute approximate surface area is 133 Å². The van der Waals surface area contributed by atoms with Gasteiger partial charge in [0.1, 0.15) is 5.69 Å². The van der Waals surface area contributed by atoms with E-state index in [9.17, 15) is 4.79 Å². The number of aryl methyl sites for hydroxylation is 1. The highest BCUT2D eigenvalue weighted by Gasteiger charge is 2.45. The molecule has 1 fully saturated rings. The summed E-state index contributed by atoms with van der Waals surface area (Å²) in [5.41, 5.74) is 1.71. The van der Waals surface area contributed by atoms with Crippen LogP contribution in [0.25, 0.3) is 22.4 Å². The number of fused-ring (bicyclic) bond motifs is 1. The fraction of sp³-hybridized carbons (Fsp3) is 0.389. The zero-order valence-corrected chi connectivity index (χ0v) is 13.5. The van der Waals surface area contributed by atoms with Crippen molar-refractivity contribution in [3.63, 3.8) is 0 Å². The normalized spacial score (nSPS) is 17.3. The Morgan fingerprint density at radius 2 is 1.96 bits per heavy atom. The second-order valence-corrected chi connectivity index (χ2v) is 6.83. The number of nitrogens with zero attached hydrogens (tertiary/aromatic N) is 2. The summed E-state index contributed by atoms with van der Waals surface area (Å²) in [5.74, 6) is 1.36. The molecule has 1 unspecified atom stereocenters. The van der Waals surface area contributed by atoms with Gasteiger partial charge in [-0.05, 0) is 42.2 Å². The molecule has 3 aromatic rings. The van der Waals surface area contributed by atoms with Crippen LogP contribution in [0.4, 0.5) is 0 Å². The number of pyridine rings is 1. The van der Waals surface area contributed by atoms with Crippen LogP contribution in [0, 0.1) is 12.3 Å². The maximum atomic E-state index is 12.3. The SMILES string of the molecule is Cc1c(-c2nc(C(C)C3(C)CC3)no2)[nH]c(=O)c2ccccc12. The first-order valence-electron chi connectivity index (χ1n) is 7.95. The maximum absolute atomic E-state index is 12.3. The summed E-state index contributed by atoms with van der Waals surface area (Å²) in [6.07, 6.45) is 2.40. The molecule has 0 bridgehead atoms. The van der Waals surface area contributed by atoms with Gasteiger partial charge < -0.3 is 9.51 Å². The molecule has 2 heterocycles. The lowest BCUT2D eigenvalue weighted by Gasteiger charge is -2.13. The highest BCUT2D eigenvalue weighted by molar-refractivity contribution is 5.88. The minimum atomic E-state index is -0.136. The Bertz CT molecular complexity index is 950. The minimum absolute atomic E-state index is 0.136. The second kappa shape index (κ2) is 4.78. The van der Waals surface area contributed by atoms with Crippen molar-refractivity contribution in [2.45, 2.75) is 39.5 Å². The number of aromatic nitrogens is 3. The molecule has 4 rings (SSSR count). The molecular weight excluding hydrogens is 290 g/mol. The summed E-state index contributed by atoms with van der Waals surface area (Å²) in [6.45, 7) is 6.34.